The van der Waals surface area contributed by atoms with E-state index in [0.29, 0.717) is 6.42 Å². The molecule has 0 aliphatic heterocycles. The number of amides is 1. The molecule has 1 amide bonds. The van der Waals surface area contributed by atoms with Crippen LogP contribution in [0.5, 0.6) is 0 Å². The van der Waals surface area contributed by atoms with Crippen LogP contribution in [0.25, 0.3) is 0 Å². The third-order valence-corrected chi connectivity index (χ3v) is 2.28. The molecule has 3 heteroatoms. The molecule has 1 rings (SSSR count). The highest BCUT2D eigenvalue weighted by molar-refractivity contribution is 9.10. The SMILES string of the molecule is CCC(=O)Nc1ccc(Br)cc1C. The first-order valence-corrected chi connectivity index (χ1v) is 4.98. The molecule has 0 unspecified atom stereocenters. The van der Waals surface area contributed by atoms with Gasteiger partial charge in [-0.05, 0) is 30.7 Å². The fraction of sp³-hybridized carbons (Fsp3) is 0.300. The zero-order chi connectivity index (χ0) is 9.84. The van der Waals surface area contributed by atoms with Gasteiger partial charge in [-0.1, -0.05) is 22.9 Å². The van der Waals surface area contributed by atoms with E-state index in [4.69, 9.17) is 0 Å². The van der Waals surface area contributed by atoms with E-state index < -0.39 is 0 Å². The summed E-state index contributed by atoms with van der Waals surface area (Å²) >= 11 is 3.37. The number of hydrogen-bond donors (Lipinski definition) is 1. The lowest BCUT2D eigenvalue weighted by Crippen LogP contribution is -2.10. The second-order valence-electron chi connectivity index (χ2n) is 2.86. The molecule has 0 aliphatic carbocycles. The number of halogens is 1. The summed E-state index contributed by atoms with van der Waals surface area (Å²) in [6.07, 6.45) is 0.509. The van der Waals surface area contributed by atoms with E-state index in [1.54, 1.807) is 0 Å². The highest BCUT2D eigenvalue weighted by Gasteiger charge is 2.01. The van der Waals surface area contributed by atoms with Crippen LogP contribution in [0.15, 0.2) is 22.7 Å². The molecule has 13 heavy (non-hydrogen) atoms. The molecule has 0 radical (unpaired) electrons. The Bertz CT molecular complexity index is 323. The number of aryl methyl sites for hydroxylation is 1. The van der Waals surface area contributed by atoms with Gasteiger partial charge in [-0.15, -0.1) is 0 Å². The molecule has 0 heterocycles. The lowest BCUT2D eigenvalue weighted by atomic mass is 10.2. The maximum Gasteiger partial charge on any atom is 0.224 e. The van der Waals surface area contributed by atoms with Crippen molar-refractivity contribution in [2.24, 2.45) is 0 Å². The molecular formula is C10H12BrNO. The average molecular weight is 242 g/mol. The van der Waals surface area contributed by atoms with Gasteiger partial charge in [0.25, 0.3) is 0 Å². The third-order valence-electron chi connectivity index (χ3n) is 1.78. The summed E-state index contributed by atoms with van der Waals surface area (Å²) in [4.78, 5) is 11.1. The number of carbonyl (C=O) groups is 1. The van der Waals surface area contributed by atoms with Gasteiger partial charge in [0.05, 0.1) is 0 Å². The van der Waals surface area contributed by atoms with Gasteiger partial charge in [0.1, 0.15) is 0 Å². The molecule has 1 N–H and O–H groups in total. The predicted molar refractivity (Wildman–Crippen MR) is 57.8 cm³/mol. The standard InChI is InChI=1S/C10H12BrNO/c1-3-10(13)12-9-5-4-8(11)6-7(9)2/h4-6H,3H2,1-2H3,(H,12,13). The smallest absolute Gasteiger partial charge is 0.224 e. The summed E-state index contributed by atoms with van der Waals surface area (Å²) in [6, 6.07) is 5.79. The molecular weight excluding hydrogens is 230 g/mol. The van der Waals surface area contributed by atoms with E-state index in [2.05, 4.69) is 21.2 Å². The zero-order valence-corrected chi connectivity index (χ0v) is 9.31. The molecule has 2 nitrogen and oxygen atoms in total. The molecule has 0 saturated heterocycles. The number of anilines is 1. The largest absolute Gasteiger partial charge is 0.326 e. The van der Waals surface area contributed by atoms with Crippen molar-refractivity contribution in [3.05, 3.63) is 28.2 Å². The van der Waals surface area contributed by atoms with Gasteiger partial charge in [-0.3, -0.25) is 4.79 Å². The number of carbonyl (C=O) groups excluding carboxylic acids is 1. The maximum atomic E-state index is 11.1. The molecule has 0 spiro atoms. The van der Waals surface area contributed by atoms with Crippen LogP contribution in [0, 0.1) is 6.92 Å². The Balaban J connectivity index is 2.83. The molecule has 70 valence electrons. The van der Waals surface area contributed by atoms with E-state index in [0.717, 1.165) is 15.7 Å². The molecule has 0 atom stereocenters. The van der Waals surface area contributed by atoms with E-state index in [1.807, 2.05) is 32.0 Å². The lowest BCUT2D eigenvalue weighted by Gasteiger charge is -2.06. The number of rotatable bonds is 2. The molecule has 0 aromatic heterocycles. The maximum absolute atomic E-state index is 11.1. The van der Waals surface area contributed by atoms with Crippen molar-refractivity contribution in [3.63, 3.8) is 0 Å². The Morgan fingerprint density at radius 2 is 2.23 bits per heavy atom. The van der Waals surface area contributed by atoms with Crippen molar-refractivity contribution in [3.8, 4) is 0 Å². The molecule has 0 saturated carbocycles. The Morgan fingerprint density at radius 3 is 2.77 bits per heavy atom. The Kier molecular flexibility index (Phi) is 3.48. The van der Waals surface area contributed by atoms with Crippen LogP contribution >= 0.6 is 15.9 Å². The van der Waals surface area contributed by atoms with Gasteiger partial charge >= 0.3 is 0 Å². The summed E-state index contributed by atoms with van der Waals surface area (Å²) in [7, 11) is 0. The van der Waals surface area contributed by atoms with Crippen molar-refractivity contribution in [1.82, 2.24) is 0 Å². The zero-order valence-electron chi connectivity index (χ0n) is 7.73. The summed E-state index contributed by atoms with van der Waals surface area (Å²) in [6.45, 7) is 3.81. The van der Waals surface area contributed by atoms with Gasteiger partial charge in [0.2, 0.25) is 5.91 Å². The predicted octanol–water partition coefficient (Wildman–Crippen LogP) is 3.11. The normalized spacial score (nSPS) is 9.77. The van der Waals surface area contributed by atoms with Crippen molar-refractivity contribution in [2.45, 2.75) is 20.3 Å². The van der Waals surface area contributed by atoms with Crippen molar-refractivity contribution >= 4 is 27.5 Å². The number of nitrogens with one attached hydrogen (secondary N) is 1. The second-order valence-corrected chi connectivity index (χ2v) is 3.78. The van der Waals surface area contributed by atoms with Gasteiger partial charge in [-0.2, -0.15) is 0 Å². The summed E-state index contributed by atoms with van der Waals surface area (Å²) < 4.78 is 1.03. The summed E-state index contributed by atoms with van der Waals surface area (Å²) in [5, 5.41) is 2.83. The fourth-order valence-electron chi connectivity index (χ4n) is 1.01. The van der Waals surface area contributed by atoms with Crippen LogP contribution in [0.4, 0.5) is 5.69 Å². The van der Waals surface area contributed by atoms with Crippen LogP contribution in [-0.4, -0.2) is 5.91 Å². The van der Waals surface area contributed by atoms with Crippen LogP contribution < -0.4 is 5.32 Å². The molecule has 1 aromatic rings. The van der Waals surface area contributed by atoms with E-state index in [1.165, 1.54) is 0 Å². The van der Waals surface area contributed by atoms with E-state index >= 15 is 0 Å². The highest BCUT2D eigenvalue weighted by atomic mass is 79.9. The Hall–Kier alpha value is -0.830. The minimum Gasteiger partial charge on any atom is -0.326 e. The van der Waals surface area contributed by atoms with Gasteiger partial charge in [0, 0.05) is 16.6 Å². The van der Waals surface area contributed by atoms with E-state index in [9.17, 15) is 4.79 Å². The first kappa shape index (κ1) is 10.3. The molecule has 1 aromatic carbocycles. The van der Waals surface area contributed by atoms with Gasteiger partial charge in [0.15, 0.2) is 0 Å². The van der Waals surface area contributed by atoms with E-state index in [-0.39, 0.29) is 5.91 Å². The Morgan fingerprint density at radius 1 is 1.54 bits per heavy atom. The monoisotopic (exact) mass is 241 g/mol. The highest BCUT2D eigenvalue weighted by Crippen LogP contribution is 2.19. The van der Waals surface area contributed by atoms with Crippen molar-refractivity contribution in [2.75, 3.05) is 5.32 Å². The fourth-order valence-corrected chi connectivity index (χ4v) is 1.48. The Labute approximate surface area is 86.5 Å². The minimum atomic E-state index is 0.0467. The minimum absolute atomic E-state index is 0.0467. The third kappa shape index (κ3) is 2.84. The van der Waals surface area contributed by atoms with Crippen LogP contribution in [0.1, 0.15) is 18.9 Å². The van der Waals surface area contributed by atoms with Crippen molar-refractivity contribution < 1.29 is 4.79 Å². The first-order chi connectivity index (χ1) is 6.13. The number of hydrogen-bond acceptors (Lipinski definition) is 1. The van der Waals surface area contributed by atoms with Gasteiger partial charge in [-0.25, -0.2) is 0 Å². The average Bonchev–Trinajstić information content (AvgIpc) is 2.09. The first-order valence-electron chi connectivity index (χ1n) is 4.19. The molecule has 0 fully saturated rings. The lowest BCUT2D eigenvalue weighted by molar-refractivity contribution is -0.115. The summed E-state index contributed by atoms with van der Waals surface area (Å²) in [5.41, 5.74) is 1.95. The second kappa shape index (κ2) is 4.42. The van der Waals surface area contributed by atoms with Crippen molar-refractivity contribution in [1.29, 1.82) is 0 Å². The topological polar surface area (TPSA) is 29.1 Å². The van der Waals surface area contributed by atoms with Crippen LogP contribution in [-0.2, 0) is 4.79 Å². The quantitative estimate of drug-likeness (QED) is 0.848. The number of benzene rings is 1. The summed E-state index contributed by atoms with van der Waals surface area (Å²) in [5.74, 6) is 0.0467. The van der Waals surface area contributed by atoms with Crippen LogP contribution in [0.3, 0.4) is 0 Å². The molecule has 0 aliphatic rings. The van der Waals surface area contributed by atoms with Gasteiger partial charge < -0.3 is 5.32 Å². The molecule has 0 bridgehead atoms. The van der Waals surface area contributed by atoms with Crippen LogP contribution in [0.2, 0.25) is 0 Å².